The summed E-state index contributed by atoms with van der Waals surface area (Å²) in [6.45, 7) is 3.87. The first-order valence-electron chi connectivity index (χ1n) is 8.10. The number of rotatable bonds is 5. The highest BCUT2D eigenvalue weighted by Crippen LogP contribution is 2.42. The van der Waals surface area contributed by atoms with Crippen molar-refractivity contribution in [2.75, 3.05) is 14.2 Å². The van der Waals surface area contributed by atoms with Gasteiger partial charge in [0.2, 0.25) is 0 Å². The highest BCUT2D eigenvalue weighted by molar-refractivity contribution is 6.00. The van der Waals surface area contributed by atoms with Gasteiger partial charge in [0.05, 0.1) is 30.9 Å². The summed E-state index contributed by atoms with van der Waals surface area (Å²) in [6, 6.07) is 5.09. The molecule has 2 heterocycles. The van der Waals surface area contributed by atoms with Gasteiger partial charge in [-0.25, -0.2) is 14.8 Å². The van der Waals surface area contributed by atoms with E-state index in [4.69, 9.17) is 13.9 Å². The van der Waals surface area contributed by atoms with Crippen molar-refractivity contribution in [3.8, 4) is 22.8 Å². The van der Waals surface area contributed by atoms with Gasteiger partial charge in [0.25, 0.3) is 0 Å². The number of hydrogen-bond acceptors (Lipinski definition) is 6. The summed E-state index contributed by atoms with van der Waals surface area (Å²) in [6.07, 6.45) is 3.31. The van der Waals surface area contributed by atoms with Crippen LogP contribution in [0.3, 0.4) is 0 Å². The van der Waals surface area contributed by atoms with Crippen molar-refractivity contribution in [1.82, 2.24) is 9.97 Å². The van der Waals surface area contributed by atoms with E-state index >= 15 is 0 Å². The van der Waals surface area contributed by atoms with E-state index in [1.165, 1.54) is 6.07 Å². The molecule has 0 spiro atoms. The van der Waals surface area contributed by atoms with Crippen molar-refractivity contribution in [3.63, 3.8) is 0 Å². The molecule has 0 aliphatic rings. The Labute approximate surface area is 145 Å². The molecule has 6 nitrogen and oxygen atoms in total. The van der Waals surface area contributed by atoms with E-state index in [0.717, 1.165) is 23.8 Å². The van der Waals surface area contributed by atoms with Crippen LogP contribution in [0.1, 0.15) is 24.7 Å². The van der Waals surface area contributed by atoms with Gasteiger partial charge < -0.3 is 13.9 Å². The van der Waals surface area contributed by atoms with Gasteiger partial charge in [-0.3, -0.25) is 0 Å². The van der Waals surface area contributed by atoms with Crippen molar-refractivity contribution < 1.29 is 13.9 Å². The summed E-state index contributed by atoms with van der Waals surface area (Å²) in [5.41, 5.74) is 2.16. The molecule has 6 heteroatoms. The Hall–Kier alpha value is -2.89. The third-order valence-corrected chi connectivity index (χ3v) is 4.02. The van der Waals surface area contributed by atoms with Crippen LogP contribution >= 0.6 is 0 Å². The van der Waals surface area contributed by atoms with E-state index in [2.05, 4.69) is 16.9 Å². The number of nitrogens with zero attached hydrogens (tertiary/aromatic N) is 2. The molecule has 130 valence electrons. The lowest BCUT2D eigenvalue weighted by Gasteiger charge is -2.16. The zero-order valence-corrected chi connectivity index (χ0v) is 14.8. The molecule has 0 aliphatic carbocycles. The molecule has 0 bridgehead atoms. The van der Waals surface area contributed by atoms with Gasteiger partial charge in [0.1, 0.15) is 17.3 Å². The van der Waals surface area contributed by atoms with Crippen LogP contribution in [0.4, 0.5) is 0 Å². The van der Waals surface area contributed by atoms with Crippen LogP contribution in [0.25, 0.3) is 22.2 Å². The lowest BCUT2D eigenvalue weighted by molar-refractivity contribution is 0.396. The van der Waals surface area contributed by atoms with Crippen LogP contribution in [-0.4, -0.2) is 24.2 Å². The predicted octanol–water partition coefficient (Wildman–Crippen LogP) is 3.53. The van der Waals surface area contributed by atoms with Gasteiger partial charge in [-0.2, -0.15) is 0 Å². The third-order valence-electron chi connectivity index (χ3n) is 4.02. The van der Waals surface area contributed by atoms with E-state index in [9.17, 15) is 4.79 Å². The second-order valence-electron chi connectivity index (χ2n) is 5.69. The maximum atomic E-state index is 12.1. The Morgan fingerprint density at radius 2 is 1.92 bits per heavy atom. The first kappa shape index (κ1) is 17.0. The second-order valence-corrected chi connectivity index (χ2v) is 5.69. The maximum absolute atomic E-state index is 12.1. The fourth-order valence-corrected chi connectivity index (χ4v) is 2.99. The summed E-state index contributed by atoms with van der Waals surface area (Å²) < 4.78 is 16.6. The van der Waals surface area contributed by atoms with Crippen LogP contribution in [0.2, 0.25) is 0 Å². The smallest absolute Gasteiger partial charge is 0.336 e. The van der Waals surface area contributed by atoms with Crippen molar-refractivity contribution in [2.24, 2.45) is 0 Å². The molecule has 0 unspecified atom stereocenters. The lowest BCUT2D eigenvalue weighted by atomic mass is 9.99. The molecule has 0 fully saturated rings. The highest BCUT2D eigenvalue weighted by atomic mass is 16.5. The molecule has 1 aromatic carbocycles. The standard InChI is InChI=1S/C19H20N2O4/c1-5-6-12-9-16(22)25-19-17(12)14(23-3)10-15(24-4)18(19)13-7-8-20-11(2)21-13/h7-10H,5-6H2,1-4H3. The molecule has 25 heavy (non-hydrogen) atoms. The number of methoxy groups -OCH3 is 2. The molecule has 3 aromatic rings. The minimum atomic E-state index is -0.404. The monoisotopic (exact) mass is 340 g/mol. The molecule has 0 atom stereocenters. The Bertz CT molecular complexity index is 979. The molecule has 0 saturated carbocycles. The van der Waals surface area contributed by atoms with Crippen molar-refractivity contribution >= 4 is 11.0 Å². The van der Waals surface area contributed by atoms with Crippen molar-refractivity contribution in [3.05, 3.63) is 46.2 Å². The van der Waals surface area contributed by atoms with Crippen molar-refractivity contribution in [1.29, 1.82) is 0 Å². The van der Waals surface area contributed by atoms with Crippen LogP contribution in [0.5, 0.6) is 11.5 Å². The average molecular weight is 340 g/mol. The lowest BCUT2D eigenvalue weighted by Crippen LogP contribution is -2.04. The molecule has 0 N–H and O–H groups in total. The molecule has 0 aliphatic heterocycles. The molecule has 3 rings (SSSR count). The Morgan fingerprint density at radius 3 is 2.56 bits per heavy atom. The van der Waals surface area contributed by atoms with E-state index in [1.807, 2.05) is 0 Å². The van der Waals surface area contributed by atoms with Gasteiger partial charge in [0.15, 0.2) is 5.58 Å². The zero-order chi connectivity index (χ0) is 18.0. The number of ether oxygens (including phenoxy) is 2. The van der Waals surface area contributed by atoms with E-state index in [0.29, 0.717) is 34.2 Å². The molecule has 0 radical (unpaired) electrons. The highest BCUT2D eigenvalue weighted by Gasteiger charge is 2.21. The van der Waals surface area contributed by atoms with E-state index < -0.39 is 5.63 Å². The fourth-order valence-electron chi connectivity index (χ4n) is 2.99. The Morgan fingerprint density at radius 1 is 1.16 bits per heavy atom. The normalized spacial score (nSPS) is 10.9. The maximum Gasteiger partial charge on any atom is 0.336 e. The molecule has 0 saturated heterocycles. The Kier molecular flexibility index (Phi) is 4.70. The van der Waals surface area contributed by atoms with Gasteiger partial charge >= 0.3 is 5.63 Å². The van der Waals surface area contributed by atoms with Crippen LogP contribution in [0.15, 0.2) is 33.6 Å². The summed E-state index contributed by atoms with van der Waals surface area (Å²) in [5.74, 6) is 1.75. The first-order valence-corrected chi connectivity index (χ1v) is 8.10. The van der Waals surface area contributed by atoms with Crippen LogP contribution < -0.4 is 15.1 Å². The number of fused-ring (bicyclic) bond motifs is 1. The quantitative estimate of drug-likeness (QED) is 0.662. The van der Waals surface area contributed by atoms with Gasteiger partial charge in [0, 0.05) is 18.3 Å². The summed E-state index contributed by atoms with van der Waals surface area (Å²) in [7, 11) is 3.15. The summed E-state index contributed by atoms with van der Waals surface area (Å²) >= 11 is 0. The van der Waals surface area contributed by atoms with Gasteiger partial charge in [-0.1, -0.05) is 13.3 Å². The minimum absolute atomic E-state index is 0.404. The van der Waals surface area contributed by atoms with Crippen LogP contribution in [0, 0.1) is 6.92 Å². The average Bonchev–Trinajstić information content (AvgIpc) is 2.60. The van der Waals surface area contributed by atoms with E-state index in [1.54, 1.807) is 39.5 Å². The molecular weight excluding hydrogens is 320 g/mol. The van der Waals surface area contributed by atoms with Crippen LogP contribution in [-0.2, 0) is 6.42 Å². The number of benzene rings is 1. The van der Waals surface area contributed by atoms with E-state index in [-0.39, 0.29) is 0 Å². The summed E-state index contributed by atoms with van der Waals surface area (Å²) in [4.78, 5) is 20.7. The second kappa shape index (κ2) is 6.93. The number of aromatic nitrogens is 2. The molecular formula is C19H20N2O4. The molecule has 0 amide bonds. The summed E-state index contributed by atoms with van der Waals surface area (Å²) in [5, 5.41) is 0.774. The number of aryl methyl sites for hydroxylation is 2. The third kappa shape index (κ3) is 3.07. The minimum Gasteiger partial charge on any atom is -0.496 e. The van der Waals surface area contributed by atoms with Crippen molar-refractivity contribution in [2.45, 2.75) is 26.7 Å². The topological polar surface area (TPSA) is 74.5 Å². The SMILES string of the molecule is CCCc1cc(=O)oc2c(-c3ccnc(C)n3)c(OC)cc(OC)c12. The first-order chi connectivity index (χ1) is 12.1. The van der Waals surface area contributed by atoms with Gasteiger partial charge in [-0.05, 0) is 25.0 Å². The number of hydrogen-bond donors (Lipinski definition) is 0. The largest absolute Gasteiger partial charge is 0.496 e. The van der Waals surface area contributed by atoms with Gasteiger partial charge in [-0.15, -0.1) is 0 Å². The Balaban J connectivity index is 2.48. The molecule has 2 aromatic heterocycles. The fraction of sp³-hybridized carbons (Fsp3) is 0.316. The predicted molar refractivity (Wildman–Crippen MR) is 95.3 cm³/mol. The zero-order valence-electron chi connectivity index (χ0n) is 14.8.